The third kappa shape index (κ3) is 5.03. The van der Waals surface area contributed by atoms with Crippen molar-refractivity contribution in [3.63, 3.8) is 0 Å². The van der Waals surface area contributed by atoms with Crippen LogP contribution in [0.2, 0.25) is 0 Å². The molecule has 1 atom stereocenters. The molecule has 5 heteroatoms. The average molecular weight is 331 g/mol. The van der Waals surface area contributed by atoms with Crippen LogP contribution in [0.15, 0.2) is 24.3 Å². The number of piperidine rings is 1. The van der Waals surface area contributed by atoms with Crippen molar-refractivity contribution in [3.8, 4) is 5.75 Å². The standard InChI is InChI=1S/C19H29N3O2/c1-21-9-11-22(12-10-21)14-19(23)17-4-6-18(7-5-17)24-15-16-3-2-8-20-13-16/h4-7,16,20H,2-3,8-15H2,1H3. The van der Waals surface area contributed by atoms with E-state index in [1.54, 1.807) is 0 Å². The fourth-order valence-electron chi connectivity index (χ4n) is 3.32. The second kappa shape index (κ2) is 8.60. The van der Waals surface area contributed by atoms with Gasteiger partial charge >= 0.3 is 0 Å². The third-order valence-corrected chi connectivity index (χ3v) is 5.02. The van der Waals surface area contributed by atoms with Gasteiger partial charge in [-0.1, -0.05) is 0 Å². The number of ketones is 1. The summed E-state index contributed by atoms with van der Waals surface area (Å²) in [5.41, 5.74) is 0.778. The quantitative estimate of drug-likeness (QED) is 0.800. The van der Waals surface area contributed by atoms with Crippen LogP contribution in [0.4, 0.5) is 0 Å². The number of hydrogen-bond donors (Lipinski definition) is 1. The molecule has 2 heterocycles. The fourth-order valence-corrected chi connectivity index (χ4v) is 3.32. The van der Waals surface area contributed by atoms with E-state index in [1.165, 1.54) is 12.8 Å². The fraction of sp³-hybridized carbons (Fsp3) is 0.632. The molecule has 0 aliphatic carbocycles. The van der Waals surface area contributed by atoms with E-state index >= 15 is 0 Å². The lowest BCUT2D eigenvalue weighted by molar-refractivity contribution is 0.0876. The highest BCUT2D eigenvalue weighted by molar-refractivity contribution is 5.97. The molecule has 1 unspecified atom stereocenters. The molecule has 2 saturated heterocycles. The molecular formula is C19H29N3O2. The number of rotatable bonds is 6. The van der Waals surface area contributed by atoms with Crippen molar-refractivity contribution in [1.82, 2.24) is 15.1 Å². The Bertz CT molecular complexity index is 518. The van der Waals surface area contributed by atoms with Crippen molar-refractivity contribution in [2.45, 2.75) is 12.8 Å². The van der Waals surface area contributed by atoms with Gasteiger partial charge in [-0.15, -0.1) is 0 Å². The van der Waals surface area contributed by atoms with Gasteiger partial charge < -0.3 is 15.0 Å². The summed E-state index contributed by atoms with van der Waals surface area (Å²) >= 11 is 0. The number of nitrogens with zero attached hydrogens (tertiary/aromatic N) is 2. The van der Waals surface area contributed by atoms with E-state index in [0.29, 0.717) is 12.5 Å². The molecule has 0 radical (unpaired) electrons. The van der Waals surface area contributed by atoms with Crippen LogP contribution in [-0.2, 0) is 0 Å². The molecule has 1 aromatic rings. The molecule has 2 aliphatic rings. The summed E-state index contributed by atoms with van der Waals surface area (Å²) in [6.45, 7) is 7.45. The molecule has 0 saturated carbocycles. The maximum Gasteiger partial charge on any atom is 0.176 e. The first-order chi connectivity index (χ1) is 11.7. The first-order valence-electron chi connectivity index (χ1n) is 9.08. The molecule has 24 heavy (non-hydrogen) atoms. The van der Waals surface area contributed by atoms with Gasteiger partial charge in [0, 0.05) is 44.2 Å². The van der Waals surface area contributed by atoms with Crippen LogP contribution >= 0.6 is 0 Å². The van der Waals surface area contributed by atoms with Gasteiger partial charge in [0.15, 0.2) is 5.78 Å². The Balaban J connectivity index is 1.45. The SMILES string of the molecule is CN1CCN(CC(=O)c2ccc(OCC3CCCNC3)cc2)CC1. The van der Waals surface area contributed by atoms with Crippen LogP contribution in [0.1, 0.15) is 23.2 Å². The number of Topliss-reactive ketones (excluding diaryl/α,β-unsaturated/α-hetero) is 1. The Morgan fingerprint density at radius 2 is 1.96 bits per heavy atom. The number of ether oxygens (including phenoxy) is 1. The predicted molar refractivity (Wildman–Crippen MR) is 95.8 cm³/mol. The van der Waals surface area contributed by atoms with Crippen LogP contribution in [0, 0.1) is 5.92 Å². The number of nitrogens with one attached hydrogen (secondary N) is 1. The molecular weight excluding hydrogens is 302 g/mol. The molecule has 0 bridgehead atoms. The first-order valence-corrected chi connectivity index (χ1v) is 9.08. The second-order valence-electron chi connectivity index (χ2n) is 7.05. The highest BCUT2D eigenvalue weighted by atomic mass is 16.5. The van der Waals surface area contributed by atoms with Gasteiger partial charge in [0.25, 0.3) is 0 Å². The number of carbonyl (C=O) groups excluding carboxylic acids is 1. The minimum Gasteiger partial charge on any atom is -0.493 e. The Morgan fingerprint density at radius 3 is 2.62 bits per heavy atom. The Morgan fingerprint density at radius 1 is 1.21 bits per heavy atom. The molecule has 0 aromatic heterocycles. The molecule has 3 rings (SSSR count). The van der Waals surface area contributed by atoms with Crippen molar-refractivity contribution in [2.75, 3.05) is 59.5 Å². The molecule has 2 aliphatic heterocycles. The van der Waals surface area contributed by atoms with E-state index in [2.05, 4.69) is 22.2 Å². The summed E-state index contributed by atoms with van der Waals surface area (Å²) in [4.78, 5) is 16.9. The van der Waals surface area contributed by atoms with Gasteiger partial charge in [0.1, 0.15) is 5.75 Å². The molecule has 0 amide bonds. The normalized spacial score (nSPS) is 23.1. The van der Waals surface area contributed by atoms with Crippen LogP contribution in [0.3, 0.4) is 0 Å². The lowest BCUT2D eigenvalue weighted by Crippen LogP contribution is -2.46. The van der Waals surface area contributed by atoms with Gasteiger partial charge in [0.2, 0.25) is 0 Å². The summed E-state index contributed by atoms with van der Waals surface area (Å²) in [7, 11) is 2.13. The second-order valence-corrected chi connectivity index (χ2v) is 7.05. The number of carbonyl (C=O) groups is 1. The van der Waals surface area contributed by atoms with Gasteiger partial charge in [-0.05, 0) is 50.7 Å². The van der Waals surface area contributed by atoms with E-state index in [0.717, 1.165) is 57.2 Å². The average Bonchev–Trinajstić information content (AvgIpc) is 2.63. The number of hydrogen-bond acceptors (Lipinski definition) is 5. The van der Waals surface area contributed by atoms with Crippen molar-refractivity contribution in [3.05, 3.63) is 29.8 Å². The van der Waals surface area contributed by atoms with E-state index < -0.39 is 0 Å². The molecule has 0 spiro atoms. The summed E-state index contributed by atoms with van der Waals surface area (Å²) in [6, 6.07) is 7.64. The highest BCUT2D eigenvalue weighted by Crippen LogP contribution is 2.16. The maximum atomic E-state index is 12.4. The van der Waals surface area contributed by atoms with Gasteiger partial charge in [-0.25, -0.2) is 0 Å². The zero-order valence-corrected chi connectivity index (χ0v) is 14.7. The lowest BCUT2D eigenvalue weighted by atomic mass is 10.0. The number of likely N-dealkylation sites (N-methyl/N-ethyl adjacent to an activating group) is 1. The zero-order valence-electron chi connectivity index (χ0n) is 14.7. The van der Waals surface area contributed by atoms with Crippen LogP contribution in [-0.4, -0.2) is 75.1 Å². The van der Waals surface area contributed by atoms with Crippen molar-refractivity contribution < 1.29 is 9.53 Å². The van der Waals surface area contributed by atoms with Crippen molar-refractivity contribution >= 4 is 5.78 Å². The largest absolute Gasteiger partial charge is 0.493 e. The summed E-state index contributed by atoms with van der Waals surface area (Å²) < 4.78 is 5.87. The van der Waals surface area contributed by atoms with Crippen LogP contribution < -0.4 is 10.1 Å². The molecule has 132 valence electrons. The van der Waals surface area contributed by atoms with E-state index in [4.69, 9.17) is 4.74 Å². The van der Waals surface area contributed by atoms with E-state index in [9.17, 15) is 4.79 Å². The van der Waals surface area contributed by atoms with E-state index in [-0.39, 0.29) is 5.78 Å². The summed E-state index contributed by atoms with van der Waals surface area (Å²) in [6.07, 6.45) is 2.46. The van der Waals surface area contributed by atoms with Crippen molar-refractivity contribution in [1.29, 1.82) is 0 Å². The number of piperazine rings is 1. The van der Waals surface area contributed by atoms with Gasteiger partial charge in [0.05, 0.1) is 13.2 Å². The Labute approximate surface area is 145 Å². The smallest absolute Gasteiger partial charge is 0.176 e. The predicted octanol–water partition coefficient (Wildman–Crippen LogP) is 1.50. The van der Waals surface area contributed by atoms with Crippen LogP contribution in [0.5, 0.6) is 5.75 Å². The van der Waals surface area contributed by atoms with Crippen LogP contribution in [0.25, 0.3) is 0 Å². The first kappa shape index (κ1) is 17.4. The summed E-state index contributed by atoms with van der Waals surface area (Å²) in [5.74, 6) is 1.65. The monoisotopic (exact) mass is 331 g/mol. The summed E-state index contributed by atoms with van der Waals surface area (Å²) in [5, 5.41) is 3.40. The molecule has 1 N–H and O–H groups in total. The molecule has 1 aromatic carbocycles. The van der Waals surface area contributed by atoms with E-state index in [1.807, 2.05) is 24.3 Å². The molecule has 2 fully saturated rings. The Hall–Kier alpha value is -1.43. The lowest BCUT2D eigenvalue weighted by Gasteiger charge is -2.31. The van der Waals surface area contributed by atoms with Gasteiger partial charge in [-0.3, -0.25) is 9.69 Å². The minimum absolute atomic E-state index is 0.197. The molecule has 5 nitrogen and oxygen atoms in total. The zero-order chi connectivity index (χ0) is 16.8. The topological polar surface area (TPSA) is 44.8 Å². The maximum absolute atomic E-state index is 12.4. The van der Waals surface area contributed by atoms with Gasteiger partial charge in [-0.2, -0.15) is 0 Å². The third-order valence-electron chi connectivity index (χ3n) is 5.02. The number of benzene rings is 1. The van der Waals surface area contributed by atoms with Crippen molar-refractivity contribution in [2.24, 2.45) is 5.92 Å². The Kier molecular flexibility index (Phi) is 6.24. The minimum atomic E-state index is 0.197. The highest BCUT2D eigenvalue weighted by Gasteiger charge is 2.17.